The van der Waals surface area contributed by atoms with Gasteiger partial charge in [0, 0.05) is 30.4 Å². The van der Waals surface area contributed by atoms with Gasteiger partial charge in [-0.1, -0.05) is 31.4 Å². The Morgan fingerprint density at radius 1 is 1.11 bits per heavy atom. The lowest BCUT2D eigenvalue weighted by atomic mass is 9.95. The van der Waals surface area contributed by atoms with E-state index in [4.69, 9.17) is 5.10 Å². The second kappa shape index (κ2) is 9.69. The van der Waals surface area contributed by atoms with Gasteiger partial charge in [-0.05, 0) is 44.0 Å². The molecule has 1 aliphatic carbocycles. The first-order valence-electron chi connectivity index (χ1n) is 12.1. The number of carbonyl (C=O) groups excluding carboxylic acids is 1. The summed E-state index contributed by atoms with van der Waals surface area (Å²) in [6, 6.07) is 9.82. The number of aromatic nitrogens is 7. The van der Waals surface area contributed by atoms with Crippen LogP contribution in [0.2, 0.25) is 0 Å². The van der Waals surface area contributed by atoms with E-state index in [9.17, 15) is 4.79 Å². The standard InChI is InChI=1S/C24H30N10O/c1-15(2)34-31-22(29-32-34)16-8-7-11-18(12-16)28-24(35)20-14-26-23-19(25-3)13-21(30-33(20)23)27-17-9-5-4-6-10-17/h7-8,11-15,17,25H,4-6,9-10H2,1-3H3,(H,27,30)(H,28,35). The predicted octanol–water partition coefficient (Wildman–Crippen LogP) is 4.00. The number of tetrazole rings is 1. The van der Waals surface area contributed by atoms with Crippen LogP contribution < -0.4 is 16.0 Å². The average Bonchev–Trinajstić information content (AvgIpc) is 3.52. The summed E-state index contributed by atoms with van der Waals surface area (Å²) in [5, 5.41) is 27.0. The van der Waals surface area contributed by atoms with Crippen LogP contribution in [0.3, 0.4) is 0 Å². The summed E-state index contributed by atoms with van der Waals surface area (Å²) in [6.45, 7) is 3.98. The summed E-state index contributed by atoms with van der Waals surface area (Å²) in [4.78, 5) is 19.2. The maximum absolute atomic E-state index is 13.2. The van der Waals surface area contributed by atoms with E-state index in [-0.39, 0.29) is 11.9 Å². The van der Waals surface area contributed by atoms with Crippen LogP contribution >= 0.6 is 0 Å². The summed E-state index contributed by atoms with van der Waals surface area (Å²) in [5.74, 6) is 0.920. The summed E-state index contributed by atoms with van der Waals surface area (Å²) in [7, 11) is 1.84. The van der Waals surface area contributed by atoms with E-state index in [0.29, 0.717) is 28.9 Å². The fourth-order valence-corrected chi connectivity index (χ4v) is 4.32. The molecule has 5 rings (SSSR count). The van der Waals surface area contributed by atoms with Crippen LogP contribution in [0, 0.1) is 0 Å². The highest BCUT2D eigenvalue weighted by atomic mass is 16.2. The summed E-state index contributed by atoms with van der Waals surface area (Å²) in [6.07, 6.45) is 7.53. The lowest BCUT2D eigenvalue weighted by Crippen LogP contribution is -2.24. The van der Waals surface area contributed by atoms with Gasteiger partial charge in [0.05, 0.1) is 17.9 Å². The van der Waals surface area contributed by atoms with Crippen LogP contribution in [-0.2, 0) is 0 Å². The molecular weight excluding hydrogens is 444 g/mol. The van der Waals surface area contributed by atoms with Crippen molar-refractivity contribution in [2.45, 2.75) is 58.0 Å². The van der Waals surface area contributed by atoms with E-state index in [1.54, 1.807) is 15.5 Å². The van der Waals surface area contributed by atoms with Crippen molar-refractivity contribution in [2.24, 2.45) is 0 Å². The van der Waals surface area contributed by atoms with E-state index in [1.807, 2.05) is 51.2 Å². The van der Waals surface area contributed by atoms with Crippen LogP contribution in [0.25, 0.3) is 17.0 Å². The minimum Gasteiger partial charge on any atom is -0.385 e. The lowest BCUT2D eigenvalue weighted by Gasteiger charge is -2.23. The fraction of sp³-hybridized carbons (Fsp3) is 0.417. The monoisotopic (exact) mass is 474 g/mol. The molecule has 4 aromatic rings. The molecular formula is C24H30N10O. The molecule has 0 unspecified atom stereocenters. The summed E-state index contributed by atoms with van der Waals surface area (Å²) < 4.78 is 1.59. The Balaban J connectivity index is 1.40. The van der Waals surface area contributed by atoms with Crippen molar-refractivity contribution in [1.82, 2.24) is 34.8 Å². The Hall–Kier alpha value is -4.02. The van der Waals surface area contributed by atoms with Crippen molar-refractivity contribution in [2.75, 3.05) is 23.0 Å². The fourth-order valence-electron chi connectivity index (χ4n) is 4.32. The van der Waals surface area contributed by atoms with Gasteiger partial charge in [0.2, 0.25) is 5.82 Å². The molecule has 0 spiro atoms. The zero-order chi connectivity index (χ0) is 24.4. The topological polar surface area (TPSA) is 127 Å². The number of carbonyl (C=O) groups is 1. The molecule has 11 nitrogen and oxygen atoms in total. The number of nitrogens with one attached hydrogen (secondary N) is 3. The number of rotatable bonds is 7. The SMILES string of the molecule is CNc1cc(NC2CCCCC2)nn2c(C(=O)Nc3cccc(-c4nnn(C(C)C)n4)c3)cnc12. The third kappa shape index (κ3) is 4.79. The number of imidazole rings is 1. The number of benzene rings is 1. The highest BCUT2D eigenvalue weighted by Crippen LogP contribution is 2.25. The van der Waals surface area contributed by atoms with Gasteiger partial charge < -0.3 is 16.0 Å². The molecule has 3 N–H and O–H groups in total. The zero-order valence-electron chi connectivity index (χ0n) is 20.2. The van der Waals surface area contributed by atoms with E-state index in [2.05, 4.69) is 36.3 Å². The van der Waals surface area contributed by atoms with Crippen molar-refractivity contribution in [3.05, 3.63) is 42.2 Å². The molecule has 0 atom stereocenters. The van der Waals surface area contributed by atoms with Crippen LogP contribution in [0.1, 0.15) is 62.5 Å². The molecule has 1 amide bonds. The smallest absolute Gasteiger partial charge is 0.276 e. The molecule has 1 aromatic carbocycles. The van der Waals surface area contributed by atoms with Crippen molar-refractivity contribution in [1.29, 1.82) is 0 Å². The van der Waals surface area contributed by atoms with E-state index in [1.165, 1.54) is 19.3 Å². The normalized spacial score (nSPS) is 14.4. The maximum atomic E-state index is 13.2. The number of nitrogens with zero attached hydrogens (tertiary/aromatic N) is 7. The molecule has 0 saturated heterocycles. The second-order valence-corrected chi connectivity index (χ2v) is 9.11. The first-order chi connectivity index (χ1) is 17.0. The Bertz CT molecular complexity index is 1340. The van der Waals surface area contributed by atoms with Crippen LogP contribution in [0.5, 0.6) is 0 Å². The van der Waals surface area contributed by atoms with Gasteiger partial charge in [-0.25, -0.2) is 9.50 Å². The zero-order valence-corrected chi connectivity index (χ0v) is 20.2. The predicted molar refractivity (Wildman–Crippen MR) is 135 cm³/mol. The van der Waals surface area contributed by atoms with E-state index < -0.39 is 0 Å². The second-order valence-electron chi connectivity index (χ2n) is 9.11. The maximum Gasteiger partial charge on any atom is 0.276 e. The van der Waals surface area contributed by atoms with Crippen LogP contribution in [-0.4, -0.2) is 53.8 Å². The minimum absolute atomic E-state index is 0.113. The molecule has 3 aromatic heterocycles. The molecule has 35 heavy (non-hydrogen) atoms. The molecule has 3 heterocycles. The summed E-state index contributed by atoms with van der Waals surface area (Å²) in [5.41, 5.74) is 3.13. The Morgan fingerprint density at radius 2 is 1.94 bits per heavy atom. The van der Waals surface area contributed by atoms with Crippen molar-refractivity contribution in [3.8, 4) is 11.4 Å². The third-order valence-electron chi connectivity index (χ3n) is 6.20. The lowest BCUT2D eigenvalue weighted by molar-refractivity contribution is 0.102. The van der Waals surface area contributed by atoms with Crippen molar-refractivity contribution < 1.29 is 4.79 Å². The highest BCUT2D eigenvalue weighted by Gasteiger charge is 2.19. The van der Waals surface area contributed by atoms with E-state index >= 15 is 0 Å². The first-order valence-corrected chi connectivity index (χ1v) is 12.1. The van der Waals surface area contributed by atoms with Crippen molar-refractivity contribution >= 4 is 28.7 Å². The van der Waals surface area contributed by atoms with Gasteiger partial charge in [0.25, 0.3) is 5.91 Å². The molecule has 0 radical (unpaired) electrons. The van der Waals surface area contributed by atoms with Crippen molar-refractivity contribution in [3.63, 3.8) is 0 Å². The molecule has 11 heteroatoms. The average molecular weight is 475 g/mol. The minimum atomic E-state index is -0.308. The molecule has 0 aliphatic heterocycles. The molecule has 1 fully saturated rings. The molecule has 182 valence electrons. The van der Waals surface area contributed by atoms with Gasteiger partial charge >= 0.3 is 0 Å². The van der Waals surface area contributed by atoms with Gasteiger partial charge in [-0.15, -0.1) is 15.3 Å². The molecule has 0 bridgehead atoms. The molecule has 1 saturated carbocycles. The summed E-state index contributed by atoms with van der Waals surface area (Å²) >= 11 is 0. The van der Waals surface area contributed by atoms with Gasteiger partial charge in [-0.3, -0.25) is 4.79 Å². The Labute approximate surface area is 203 Å². The van der Waals surface area contributed by atoms with E-state index in [0.717, 1.165) is 29.9 Å². The third-order valence-corrected chi connectivity index (χ3v) is 6.20. The van der Waals surface area contributed by atoms with Gasteiger partial charge in [-0.2, -0.15) is 4.80 Å². The number of fused-ring (bicyclic) bond motifs is 1. The first kappa shape index (κ1) is 22.8. The molecule has 1 aliphatic rings. The van der Waals surface area contributed by atoms with Crippen LogP contribution in [0.15, 0.2) is 36.5 Å². The van der Waals surface area contributed by atoms with Gasteiger partial charge in [0.15, 0.2) is 11.3 Å². The number of hydrogen-bond acceptors (Lipinski definition) is 8. The Kier molecular flexibility index (Phi) is 6.30. The number of amides is 1. The van der Waals surface area contributed by atoms with Gasteiger partial charge in [0.1, 0.15) is 5.82 Å². The quantitative estimate of drug-likeness (QED) is 0.367. The number of anilines is 3. The number of hydrogen-bond donors (Lipinski definition) is 3. The Morgan fingerprint density at radius 3 is 2.69 bits per heavy atom. The largest absolute Gasteiger partial charge is 0.385 e. The highest BCUT2D eigenvalue weighted by molar-refractivity contribution is 6.04. The van der Waals surface area contributed by atoms with Crippen LogP contribution in [0.4, 0.5) is 17.2 Å².